The van der Waals surface area contributed by atoms with Crippen LogP contribution in [0.15, 0.2) is 28.7 Å². The van der Waals surface area contributed by atoms with Crippen molar-refractivity contribution in [3.8, 4) is 6.07 Å². The van der Waals surface area contributed by atoms with Gasteiger partial charge < -0.3 is 14.8 Å². The molecular formula is C11H8N3O3P. The molecule has 2 N–H and O–H groups in total. The summed E-state index contributed by atoms with van der Waals surface area (Å²) < 4.78 is 5.19. The number of rotatable bonds is 3. The molecule has 0 aliphatic heterocycles. The van der Waals surface area contributed by atoms with Crippen LogP contribution in [0.3, 0.4) is 0 Å². The van der Waals surface area contributed by atoms with Crippen molar-refractivity contribution in [1.82, 2.24) is 4.98 Å². The van der Waals surface area contributed by atoms with Gasteiger partial charge in [-0.15, -0.1) is 0 Å². The van der Waals surface area contributed by atoms with Crippen LogP contribution < -0.4 is 10.9 Å². The smallest absolute Gasteiger partial charge is 0.335 e. The molecule has 1 heterocycles. The number of benzene rings is 1. The first-order valence-corrected chi connectivity index (χ1v) is 5.44. The van der Waals surface area contributed by atoms with E-state index in [9.17, 15) is 4.79 Å². The van der Waals surface area contributed by atoms with E-state index in [0.29, 0.717) is 11.3 Å². The van der Waals surface area contributed by atoms with E-state index in [4.69, 9.17) is 14.8 Å². The van der Waals surface area contributed by atoms with Crippen LogP contribution in [-0.2, 0) is 0 Å². The molecule has 1 unspecified atom stereocenters. The summed E-state index contributed by atoms with van der Waals surface area (Å²) in [6.07, 6.45) is 0. The second-order valence-electron chi connectivity index (χ2n) is 3.35. The number of carboxylic acids is 1. The van der Waals surface area contributed by atoms with Crippen molar-refractivity contribution in [2.24, 2.45) is 0 Å². The molecule has 0 bridgehead atoms. The number of carbonyl (C=O) groups is 1. The zero-order valence-corrected chi connectivity index (χ0v) is 10.2. The van der Waals surface area contributed by atoms with Gasteiger partial charge in [0.2, 0.25) is 17.2 Å². The lowest BCUT2D eigenvalue weighted by Crippen LogP contribution is -1.96. The van der Waals surface area contributed by atoms with Crippen LogP contribution in [0.5, 0.6) is 0 Å². The molecule has 0 aliphatic carbocycles. The summed E-state index contributed by atoms with van der Waals surface area (Å²) >= 11 is 0. The second-order valence-corrected chi connectivity index (χ2v) is 3.84. The highest BCUT2D eigenvalue weighted by atomic mass is 31.0. The van der Waals surface area contributed by atoms with E-state index < -0.39 is 5.97 Å². The fraction of sp³-hybridized carbons (Fsp3) is 0. The fourth-order valence-corrected chi connectivity index (χ4v) is 1.57. The Kier molecular flexibility index (Phi) is 3.26. The molecule has 1 aromatic heterocycles. The van der Waals surface area contributed by atoms with Gasteiger partial charge in [-0.05, 0) is 33.5 Å². The number of hydrogen-bond acceptors (Lipinski definition) is 5. The number of oxazole rings is 1. The zero-order valence-electron chi connectivity index (χ0n) is 9.04. The normalized spacial score (nSPS) is 9.78. The first-order valence-electron chi connectivity index (χ1n) is 4.87. The summed E-state index contributed by atoms with van der Waals surface area (Å²) in [5.74, 6) is -0.767. The Balaban J connectivity index is 2.24. The Labute approximate surface area is 104 Å². The van der Waals surface area contributed by atoms with Gasteiger partial charge in [-0.3, -0.25) is 0 Å². The third kappa shape index (κ3) is 2.47. The number of nitriles is 1. The fourth-order valence-electron chi connectivity index (χ4n) is 1.32. The van der Waals surface area contributed by atoms with Gasteiger partial charge in [0, 0.05) is 5.69 Å². The number of hydrogen-bond donors (Lipinski definition) is 2. The number of nitrogens with zero attached hydrogens (tertiary/aromatic N) is 2. The SMILES string of the molecule is N#Cc1nc(P)oc1Nc1ccc(C(=O)O)cc1. The van der Waals surface area contributed by atoms with Gasteiger partial charge in [0.15, 0.2) is 0 Å². The molecule has 0 fully saturated rings. The van der Waals surface area contributed by atoms with Crippen molar-refractivity contribution in [1.29, 1.82) is 5.26 Å². The highest BCUT2D eigenvalue weighted by molar-refractivity contribution is 7.26. The van der Waals surface area contributed by atoms with Crippen LogP contribution in [-0.4, -0.2) is 16.1 Å². The van der Waals surface area contributed by atoms with Gasteiger partial charge in [0.25, 0.3) is 0 Å². The minimum atomic E-state index is -0.994. The number of aromatic carboxylic acids is 1. The average molecular weight is 261 g/mol. The lowest BCUT2D eigenvalue weighted by Gasteiger charge is -2.02. The zero-order chi connectivity index (χ0) is 13.1. The standard InChI is InChI=1S/C11H8N3O3P/c12-5-8-9(17-11(18)14-8)13-7-3-1-6(2-4-7)10(15)16/h1-4,13H,18H2,(H,15,16). The predicted molar refractivity (Wildman–Crippen MR) is 67.2 cm³/mol. The van der Waals surface area contributed by atoms with Gasteiger partial charge in [0.1, 0.15) is 6.07 Å². The topological polar surface area (TPSA) is 99.2 Å². The summed E-state index contributed by atoms with van der Waals surface area (Å²) in [5, 5.41) is 20.4. The van der Waals surface area contributed by atoms with E-state index in [1.807, 2.05) is 6.07 Å². The molecule has 0 aliphatic rings. The number of carboxylic acid groups (broad SMARTS) is 1. The number of anilines is 2. The Hall–Kier alpha value is -2.38. The van der Waals surface area contributed by atoms with Gasteiger partial charge in [-0.2, -0.15) is 10.2 Å². The van der Waals surface area contributed by atoms with Crippen LogP contribution >= 0.6 is 9.24 Å². The molecule has 0 saturated heterocycles. The minimum Gasteiger partial charge on any atom is -0.478 e. The van der Waals surface area contributed by atoms with Crippen molar-refractivity contribution in [2.75, 3.05) is 5.32 Å². The number of aromatic nitrogens is 1. The van der Waals surface area contributed by atoms with Gasteiger partial charge in [-0.25, -0.2) is 4.79 Å². The summed E-state index contributed by atoms with van der Waals surface area (Å²) in [4.78, 5) is 14.5. The highest BCUT2D eigenvalue weighted by Gasteiger charge is 2.10. The first-order chi connectivity index (χ1) is 8.60. The van der Waals surface area contributed by atoms with E-state index in [-0.39, 0.29) is 17.1 Å². The van der Waals surface area contributed by atoms with E-state index in [2.05, 4.69) is 19.5 Å². The molecule has 2 aromatic rings. The van der Waals surface area contributed by atoms with Crippen LogP contribution in [0.25, 0.3) is 0 Å². The Bertz CT molecular complexity index is 628. The third-order valence-electron chi connectivity index (χ3n) is 2.14. The molecule has 0 spiro atoms. The average Bonchev–Trinajstić information content (AvgIpc) is 2.70. The van der Waals surface area contributed by atoms with E-state index in [1.54, 1.807) is 12.1 Å². The van der Waals surface area contributed by atoms with E-state index in [1.165, 1.54) is 12.1 Å². The largest absolute Gasteiger partial charge is 0.478 e. The maximum absolute atomic E-state index is 10.7. The van der Waals surface area contributed by atoms with Crippen molar-refractivity contribution in [3.05, 3.63) is 35.5 Å². The number of nitrogens with one attached hydrogen (secondary N) is 1. The molecule has 7 heteroatoms. The van der Waals surface area contributed by atoms with Crippen molar-refractivity contribution in [3.63, 3.8) is 0 Å². The summed E-state index contributed by atoms with van der Waals surface area (Å²) in [7, 11) is 2.25. The third-order valence-corrected chi connectivity index (χ3v) is 2.39. The predicted octanol–water partition coefficient (Wildman–Crippen LogP) is 1.49. The molecule has 18 heavy (non-hydrogen) atoms. The summed E-state index contributed by atoms with van der Waals surface area (Å²) in [6, 6.07) is 7.96. The van der Waals surface area contributed by atoms with Crippen molar-refractivity contribution in [2.45, 2.75) is 0 Å². The van der Waals surface area contributed by atoms with E-state index >= 15 is 0 Å². The Morgan fingerprint density at radius 2 is 2.11 bits per heavy atom. The minimum absolute atomic E-state index is 0.141. The van der Waals surface area contributed by atoms with E-state index in [0.717, 1.165) is 0 Å². The van der Waals surface area contributed by atoms with Gasteiger partial charge in [0.05, 0.1) is 5.56 Å². The molecule has 2 rings (SSSR count). The maximum Gasteiger partial charge on any atom is 0.335 e. The molecule has 0 saturated carbocycles. The molecule has 6 nitrogen and oxygen atoms in total. The summed E-state index contributed by atoms with van der Waals surface area (Å²) in [5.41, 5.74) is 1.24. The van der Waals surface area contributed by atoms with Crippen LogP contribution in [0.4, 0.5) is 11.6 Å². The van der Waals surface area contributed by atoms with Crippen LogP contribution in [0.1, 0.15) is 16.1 Å². The lowest BCUT2D eigenvalue weighted by atomic mass is 10.2. The summed E-state index contributed by atoms with van der Waals surface area (Å²) in [6.45, 7) is 0. The van der Waals surface area contributed by atoms with Crippen molar-refractivity contribution < 1.29 is 14.3 Å². The molecule has 0 amide bonds. The molecule has 1 atom stereocenters. The molecule has 90 valence electrons. The van der Waals surface area contributed by atoms with Gasteiger partial charge >= 0.3 is 5.97 Å². The van der Waals surface area contributed by atoms with Gasteiger partial charge in [-0.1, -0.05) is 0 Å². The van der Waals surface area contributed by atoms with Crippen LogP contribution in [0.2, 0.25) is 0 Å². The highest BCUT2D eigenvalue weighted by Crippen LogP contribution is 2.19. The van der Waals surface area contributed by atoms with Crippen molar-refractivity contribution >= 4 is 32.4 Å². The molecule has 1 aromatic carbocycles. The lowest BCUT2D eigenvalue weighted by molar-refractivity contribution is 0.0697. The van der Waals surface area contributed by atoms with Crippen LogP contribution in [0, 0.1) is 11.3 Å². The molecular weight excluding hydrogens is 253 g/mol. The Morgan fingerprint density at radius 3 is 2.67 bits per heavy atom. The first kappa shape index (κ1) is 12.1. The quantitative estimate of drug-likeness (QED) is 0.812. The monoisotopic (exact) mass is 261 g/mol. The molecule has 0 radical (unpaired) electrons. The second kappa shape index (κ2) is 4.86. The Morgan fingerprint density at radius 1 is 1.44 bits per heavy atom. The maximum atomic E-state index is 10.7.